The zero-order chi connectivity index (χ0) is 21.7. The van der Waals surface area contributed by atoms with Gasteiger partial charge in [-0.2, -0.15) is 0 Å². The van der Waals surface area contributed by atoms with Crippen molar-refractivity contribution in [2.24, 2.45) is 0 Å². The molecule has 0 saturated heterocycles. The molecule has 0 saturated carbocycles. The number of alkyl halides is 3. The standard InChI is InChI=1S/C23H17F3N2O2.U/c1-15-4-6-16(7-5-15)13-20(22(29)18-3-2-12-28-14-18)21(27)17-8-10-19(11-9-17)30-23(24,25)26;/h2-12,14,22,29H,1H3;/q-2;+2. The first-order chi connectivity index (χ1) is 14.2. The molecule has 156 valence electrons. The van der Waals surface area contributed by atoms with Gasteiger partial charge in [0.1, 0.15) is 5.75 Å². The Hall–Kier alpha value is -2.40. The molecule has 0 bridgehead atoms. The van der Waals surface area contributed by atoms with Crippen molar-refractivity contribution in [2.75, 3.05) is 0 Å². The number of rotatable bonds is 6. The van der Waals surface area contributed by atoms with E-state index in [0.717, 1.165) is 17.7 Å². The molecular formula is C23H17F3N2O2U. The van der Waals surface area contributed by atoms with E-state index < -0.39 is 18.2 Å². The van der Waals surface area contributed by atoms with Crippen LogP contribution in [-0.2, 0) is 0 Å². The Morgan fingerprint density at radius 1 is 1.06 bits per heavy atom. The number of aliphatic hydroxyl groups is 1. The Kier molecular flexibility index (Phi) is 8.63. The van der Waals surface area contributed by atoms with Crippen LogP contribution in [0.4, 0.5) is 13.2 Å². The summed E-state index contributed by atoms with van der Waals surface area (Å²) in [6.07, 6.45) is -0.0722. The van der Waals surface area contributed by atoms with E-state index in [-0.39, 0.29) is 48.0 Å². The van der Waals surface area contributed by atoms with Gasteiger partial charge in [-0.3, -0.25) is 4.98 Å². The van der Waals surface area contributed by atoms with E-state index in [2.05, 4.69) is 15.8 Å². The summed E-state index contributed by atoms with van der Waals surface area (Å²) in [4.78, 5) is 3.97. The maximum Gasteiger partial charge on any atom is 2.00 e. The molecule has 1 atom stereocenters. The predicted octanol–water partition coefficient (Wildman–Crippen LogP) is 5.16. The summed E-state index contributed by atoms with van der Waals surface area (Å²) >= 11 is 0. The van der Waals surface area contributed by atoms with Gasteiger partial charge in [-0.1, -0.05) is 29.3 Å². The van der Waals surface area contributed by atoms with Crippen LogP contribution < -0.4 is 4.74 Å². The van der Waals surface area contributed by atoms with Crippen molar-refractivity contribution in [1.82, 2.24) is 4.98 Å². The van der Waals surface area contributed by atoms with E-state index in [9.17, 15) is 23.7 Å². The van der Waals surface area contributed by atoms with E-state index in [4.69, 9.17) is 0 Å². The number of benzene rings is 2. The summed E-state index contributed by atoms with van der Waals surface area (Å²) in [6.45, 7) is 1.92. The Labute approximate surface area is 201 Å². The summed E-state index contributed by atoms with van der Waals surface area (Å²) in [7, 11) is 0. The van der Waals surface area contributed by atoms with Crippen LogP contribution in [0.15, 0.2) is 78.6 Å². The number of aryl methyl sites for hydroxylation is 1. The Bertz CT molecular complexity index is 1040. The minimum absolute atomic E-state index is 0. The number of pyridine rings is 1. The zero-order valence-electron chi connectivity index (χ0n) is 16.4. The number of halogens is 3. The van der Waals surface area contributed by atoms with Crippen molar-refractivity contribution < 1.29 is 54.1 Å². The van der Waals surface area contributed by atoms with Crippen LogP contribution in [0.2, 0.25) is 0 Å². The van der Waals surface area contributed by atoms with Crippen LogP contribution in [0, 0.1) is 44.1 Å². The number of aromatic nitrogens is 1. The van der Waals surface area contributed by atoms with Crippen LogP contribution in [0.5, 0.6) is 5.75 Å². The molecule has 1 unspecified atom stereocenters. The molecule has 8 heteroatoms. The summed E-state index contributed by atoms with van der Waals surface area (Å²) in [6, 6.07) is 15.2. The van der Waals surface area contributed by atoms with Gasteiger partial charge in [-0.25, -0.2) is 5.71 Å². The molecule has 1 aromatic heterocycles. The van der Waals surface area contributed by atoms with Crippen LogP contribution in [0.1, 0.15) is 28.4 Å². The third kappa shape index (κ3) is 7.07. The number of hydrogen-bond donors (Lipinski definition) is 1. The fraction of sp³-hybridized carbons (Fsp3) is 0.130. The molecule has 31 heavy (non-hydrogen) atoms. The van der Waals surface area contributed by atoms with Gasteiger partial charge < -0.3 is 15.3 Å². The van der Waals surface area contributed by atoms with Gasteiger partial charge >= 0.3 is 37.5 Å². The summed E-state index contributed by atoms with van der Waals surface area (Å²) in [5.74, 6) is -0.417. The molecule has 2 aromatic carbocycles. The quantitative estimate of drug-likeness (QED) is 0.297. The summed E-state index contributed by atoms with van der Waals surface area (Å²) in [5, 5.41) is 21.7. The average molecular weight is 648 g/mol. The van der Waals surface area contributed by atoms with Gasteiger partial charge in [0.2, 0.25) is 0 Å². The number of ether oxygens (including phenoxy) is 1. The largest absolute Gasteiger partial charge is 2.00 e. The second kappa shape index (κ2) is 10.8. The first-order valence-corrected chi connectivity index (χ1v) is 8.94. The minimum atomic E-state index is -4.81. The molecule has 0 aliphatic carbocycles. The van der Waals surface area contributed by atoms with Crippen molar-refractivity contribution in [3.05, 3.63) is 112 Å². The number of nitrogens with zero attached hydrogens (tertiary/aromatic N) is 2. The maximum absolute atomic E-state index is 12.4. The molecule has 0 aliphatic rings. The SMILES string of the molecule is Cc1ccc([C-]=C(C(=[N-])c2ccc(OC(F)(F)F)cc2)C(O)c2cccnc2)cc1.[U+2]. The monoisotopic (exact) mass is 648 g/mol. The van der Waals surface area contributed by atoms with Gasteiger partial charge in [0.15, 0.2) is 0 Å². The van der Waals surface area contributed by atoms with Gasteiger partial charge in [-0.15, -0.1) is 54.6 Å². The fourth-order valence-electron chi connectivity index (χ4n) is 2.72. The van der Waals surface area contributed by atoms with Crippen molar-refractivity contribution in [2.45, 2.75) is 19.4 Å². The summed E-state index contributed by atoms with van der Waals surface area (Å²) < 4.78 is 40.9. The molecule has 4 nitrogen and oxygen atoms in total. The smallest absolute Gasteiger partial charge is 0.854 e. The van der Waals surface area contributed by atoms with Crippen molar-refractivity contribution >= 4 is 5.71 Å². The molecule has 3 aromatic rings. The molecule has 3 rings (SSSR count). The average Bonchev–Trinajstić information content (AvgIpc) is 2.72. The van der Waals surface area contributed by atoms with Crippen LogP contribution >= 0.6 is 0 Å². The van der Waals surface area contributed by atoms with Gasteiger partial charge in [0.25, 0.3) is 0 Å². The first kappa shape index (κ1) is 24.9. The van der Waals surface area contributed by atoms with E-state index in [1.54, 1.807) is 30.5 Å². The van der Waals surface area contributed by atoms with E-state index in [0.29, 0.717) is 11.1 Å². The van der Waals surface area contributed by atoms with Crippen molar-refractivity contribution in [3.8, 4) is 5.75 Å². The minimum Gasteiger partial charge on any atom is -0.854 e. The second-order valence-electron chi connectivity index (χ2n) is 6.51. The molecule has 0 spiro atoms. The Balaban J connectivity index is 0.00000341. The van der Waals surface area contributed by atoms with Gasteiger partial charge in [0.05, 0.1) is 6.10 Å². The normalized spacial score (nSPS) is 12.6. The van der Waals surface area contributed by atoms with Crippen LogP contribution in [0.25, 0.3) is 5.41 Å². The van der Waals surface area contributed by atoms with Crippen LogP contribution in [0.3, 0.4) is 0 Å². The van der Waals surface area contributed by atoms with E-state index >= 15 is 0 Å². The molecule has 1 N–H and O–H groups in total. The summed E-state index contributed by atoms with van der Waals surface area (Å²) in [5.41, 5.74) is 1.99. The molecular weight excluding hydrogens is 631 g/mol. The molecule has 0 fully saturated rings. The van der Waals surface area contributed by atoms with Crippen molar-refractivity contribution in [1.29, 1.82) is 0 Å². The third-order valence-corrected chi connectivity index (χ3v) is 4.22. The third-order valence-electron chi connectivity index (χ3n) is 4.22. The molecule has 0 radical (unpaired) electrons. The second-order valence-corrected chi connectivity index (χ2v) is 6.51. The Morgan fingerprint density at radius 3 is 2.26 bits per heavy atom. The topological polar surface area (TPSA) is 64.7 Å². The first-order valence-electron chi connectivity index (χ1n) is 8.94. The van der Waals surface area contributed by atoms with Gasteiger partial charge in [0, 0.05) is 18.0 Å². The van der Waals surface area contributed by atoms with Crippen molar-refractivity contribution in [3.63, 3.8) is 0 Å². The molecule has 0 amide bonds. The zero-order valence-corrected chi connectivity index (χ0v) is 20.6. The van der Waals surface area contributed by atoms with E-state index in [1.165, 1.54) is 18.3 Å². The number of aliphatic hydroxyl groups excluding tert-OH is 1. The van der Waals surface area contributed by atoms with Crippen LogP contribution in [-0.4, -0.2) is 22.2 Å². The van der Waals surface area contributed by atoms with Gasteiger partial charge in [-0.05, 0) is 25.1 Å². The number of hydrogen-bond acceptors (Lipinski definition) is 3. The Morgan fingerprint density at radius 2 is 1.71 bits per heavy atom. The predicted molar refractivity (Wildman–Crippen MR) is 107 cm³/mol. The van der Waals surface area contributed by atoms with E-state index in [1.807, 2.05) is 19.1 Å². The maximum atomic E-state index is 12.4. The molecule has 0 aliphatic heterocycles. The fourth-order valence-corrected chi connectivity index (χ4v) is 2.72. The molecule has 1 heterocycles.